The molecule has 0 aliphatic rings. The van der Waals surface area contributed by atoms with Crippen molar-refractivity contribution in [1.82, 2.24) is 5.32 Å². The Labute approximate surface area is 137 Å². The predicted molar refractivity (Wildman–Crippen MR) is 91.3 cm³/mol. The van der Waals surface area contributed by atoms with Crippen LogP contribution in [0.3, 0.4) is 0 Å². The van der Waals surface area contributed by atoms with Gasteiger partial charge in [0.1, 0.15) is 0 Å². The average Bonchev–Trinajstić information content (AvgIpc) is 2.56. The van der Waals surface area contributed by atoms with Gasteiger partial charge in [0.25, 0.3) is 5.91 Å². The lowest BCUT2D eigenvalue weighted by Crippen LogP contribution is -2.26. The van der Waals surface area contributed by atoms with Gasteiger partial charge in [-0.25, -0.2) is 0 Å². The van der Waals surface area contributed by atoms with Crippen molar-refractivity contribution in [3.8, 4) is 11.5 Å². The fourth-order valence-electron chi connectivity index (χ4n) is 2.37. The Balaban J connectivity index is 2.16. The molecule has 0 fully saturated rings. The van der Waals surface area contributed by atoms with Crippen LogP contribution in [0.4, 0.5) is 0 Å². The first-order valence-corrected chi connectivity index (χ1v) is 7.56. The smallest absolute Gasteiger partial charge is 0.251 e. The average molecular weight is 313 g/mol. The monoisotopic (exact) mass is 313 g/mol. The van der Waals surface area contributed by atoms with Crippen LogP contribution in [0, 0.1) is 13.8 Å². The van der Waals surface area contributed by atoms with E-state index >= 15 is 0 Å². The molecule has 0 saturated heterocycles. The Hall–Kier alpha value is -2.49. The molecule has 0 bridgehead atoms. The van der Waals surface area contributed by atoms with Gasteiger partial charge >= 0.3 is 0 Å². The van der Waals surface area contributed by atoms with Crippen LogP contribution in [0.1, 0.15) is 40.0 Å². The van der Waals surface area contributed by atoms with Crippen molar-refractivity contribution in [2.24, 2.45) is 0 Å². The van der Waals surface area contributed by atoms with Gasteiger partial charge in [0.2, 0.25) is 0 Å². The van der Waals surface area contributed by atoms with E-state index in [4.69, 9.17) is 9.47 Å². The quantitative estimate of drug-likeness (QED) is 0.913. The molecule has 122 valence electrons. The highest BCUT2D eigenvalue weighted by Crippen LogP contribution is 2.30. The third-order valence-corrected chi connectivity index (χ3v) is 4.02. The first kappa shape index (κ1) is 16.9. The Bertz CT molecular complexity index is 710. The van der Waals surface area contributed by atoms with Crippen molar-refractivity contribution in [2.75, 3.05) is 14.2 Å². The molecule has 1 N–H and O–H groups in total. The topological polar surface area (TPSA) is 47.6 Å². The lowest BCUT2D eigenvalue weighted by atomic mass is 10.0. The molecule has 2 aromatic rings. The van der Waals surface area contributed by atoms with Gasteiger partial charge in [-0.3, -0.25) is 4.79 Å². The second-order valence-corrected chi connectivity index (χ2v) is 5.61. The van der Waals surface area contributed by atoms with Crippen LogP contribution in [-0.2, 0) is 0 Å². The van der Waals surface area contributed by atoms with Crippen molar-refractivity contribution in [2.45, 2.75) is 26.8 Å². The molecule has 2 aromatic carbocycles. The molecule has 23 heavy (non-hydrogen) atoms. The van der Waals surface area contributed by atoms with Gasteiger partial charge in [0.15, 0.2) is 11.5 Å². The lowest BCUT2D eigenvalue weighted by Gasteiger charge is -2.17. The van der Waals surface area contributed by atoms with E-state index in [0.717, 1.165) is 11.1 Å². The maximum atomic E-state index is 12.4. The van der Waals surface area contributed by atoms with Crippen molar-refractivity contribution in [3.05, 3.63) is 58.7 Å². The summed E-state index contributed by atoms with van der Waals surface area (Å²) in [5, 5.41) is 3.01. The minimum Gasteiger partial charge on any atom is -0.493 e. The fourth-order valence-corrected chi connectivity index (χ4v) is 2.37. The zero-order chi connectivity index (χ0) is 17.0. The van der Waals surface area contributed by atoms with Gasteiger partial charge in [-0.1, -0.05) is 12.1 Å². The zero-order valence-corrected chi connectivity index (χ0v) is 14.3. The maximum Gasteiger partial charge on any atom is 0.251 e. The lowest BCUT2D eigenvalue weighted by molar-refractivity contribution is 0.0939. The normalized spacial score (nSPS) is 11.7. The number of rotatable bonds is 5. The van der Waals surface area contributed by atoms with Crippen LogP contribution in [0.25, 0.3) is 0 Å². The van der Waals surface area contributed by atoms with Gasteiger partial charge in [0.05, 0.1) is 20.3 Å². The van der Waals surface area contributed by atoms with E-state index in [-0.39, 0.29) is 11.9 Å². The second kappa shape index (κ2) is 7.18. The summed E-state index contributed by atoms with van der Waals surface area (Å²) in [6.07, 6.45) is 0. The highest BCUT2D eigenvalue weighted by molar-refractivity contribution is 5.94. The summed E-state index contributed by atoms with van der Waals surface area (Å²) in [6.45, 7) is 5.98. The SMILES string of the molecule is COc1ccc([C@H](C)NC(=O)c2ccc(C)c(C)c2)cc1OC. The van der Waals surface area contributed by atoms with Gasteiger partial charge < -0.3 is 14.8 Å². The van der Waals surface area contributed by atoms with Crippen LogP contribution >= 0.6 is 0 Å². The van der Waals surface area contributed by atoms with E-state index in [1.807, 2.05) is 57.2 Å². The van der Waals surface area contributed by atoms with E-state index in [9.17, 15) is 4.79 Å². The minimum absolute atomic E-state index is 0.0876. The number of carbonyl (C=O) groups is 1. The van der Waals surface area contributed by atoms with Crippen molar-refractivity contribution in [3.63, 3.8) is 0 Å². The third kappa shape index (κ3) is 3.83. The fraction of sp³-hybridized carbons (Fsp3) is 0.316. The van der Waals surface area contributed by atoms with Crippen LogP contribution < -0.4 is 14.8 Å². The molecule has 0 aliphatic heterocycles. The highest BCUT2D eigenvalue weighted by Gasteiger charge is 2.14. The molecule has 0 radical (unpaired) electrons. The maximum absolute atomic E-state index is 12.4. The summed E-state index contributed by atoms with van der Waals surface area (Å²) in [4.78, 5) is 12.4. The minimum atomic E-state index is -0.135. The molecule has 1 amide bonds. The number of ether oxygens (including phenoxy) is 2. The first-order valence-electron chi connectivity index (χ1n) is 7.56. The molecule has 0 spiro atoms. The Morgan fingerprint density at radius 1 is 0.957 bits per heavy atom. The van der Waals surface area contributed by atoms with Crippen LogP contribution in [0.2, 0.25) is 0 Å². The number of carbonyl (C=O) groups excluding carboxylic acids is 1. The van der Waals surface area contributed by atoms with E-state index in [1.165, 1.54) is 5.56 Å². The summed E-state index contributed by atoms with van der Waals surface area (Å²) < 4.78 is 10.5. The third-order valence-electron chi connectivity index (χ3n) is 4.02. The van der Waals surface area contributed by atoms with Crippen LogP contribution in [-0.4, -0.2) is 20.1 Å². The summed E-state index contributed by atoms with van der Waals surface area (Å²) in [6, 6.07) is 11.2. The van der Waals surface area contributed by atoms with Crippen LogP contribution in [0.15, 0.2) is 36.4 Å². The first-order chi connectivity index (χ1) is 11.0. The largest absolute Gasteiger partial charge is 0.493 e. The molecule has 0 aliphatic carbocycles. The molecule has 2 rings (SSSR count). The number of methoxy groups -OCH3 is 2. The Morgan fingerprint density at radius 2 is 1.65 bits per heavy atom. The molecular formula is C19H23NO3. The molecule has 0 unspecified atom stereocenters. The predicted octanol–water partition coefficient (Wildman–Crippen LogP) is 3.81. The number of benzene rings is 2. The van der Waals surface area contributed by atoms with E-state index < -0.39 is 0 Å². The summed E-state index contributed by atoms with van der Waals surface area (Å²) in [5.41, 5.74) is 3.91. The standard InChI is InChI=1S/C19H23NO3/c1-12-6-7-16(10-13(12)2)19(21)20-14(3)15-8-9-17(22-4)18(11-15)23-5/h6-11,14H,1-5H3,(H,20,21)/t14-/m0/s1. The number of amides is 1. The van der Waals surface area contributed by atoms with E-state index in [2.05, 4.69) is 5.32 Å². The van der Waals surface area contributed by atoms with Gasteiger partial charge in [0, 0.05) is 5.56 Å². The molecule has 0 aromatic heterocycles. The van der Waals surface area contributed by atoms with E-state index in [1.54, 1.807) is 14.2 Å². The summed E-state index contributed by atoms with van der Waals surface area (Å²) >= 11 is 0. The number of aryl methyl sites for hydroxylation is 2. The second-order valence-electron chi connectivity index (χ2n) is 5.61. The van der Waals surface area contributed by atoms with Gasteiger partial charge in [-0.05, 0) is 61.7 Å². The molecular weight excluding hydrogens is 290 g/mol. The Kier molecular flexibility index (Phi) is 5.27. The van der Waals surface area contributed by atoms with Crippen molar-refractivity contribution in [1.29, 1.82) is 0 Å². The highest BCUT2D eigenvalue weighted by atomic mass is 16.5. The Morgan fingerprint density at radius 3 is 2.26 bits per heavy atom. The van der Waals surface area contributed by atoms with E-state index in [0.29, 0.717) is 17.1 Å². The van der Waals surface area contributed by atoms with Crippen molar-refractivity contribution < 1.29 is 14.3 Å². The molecule has 4 heteroatoms. The summed E-state index contributed by atoms with van der Waals surface area (Å²) in [5.74, 6) is 1.23. The summed E-state index contributed by atoms with van der Waals surface area (Å²) in [7, 11) is 3.20. The van der Waals surface area contributed by atoms with Gasteiger partial charge in [-0.2, -0.15) is 0 Å². The number of hydrogen-bond donors (Lipinski definition) is 1. The van der Waals surface area contributed by atoms with Crippen LogP contribution in [0.5, 0.6) is 11.5 Å². The molecule has 4 nitrogen and oxygen atoms in total. The number of nitrogens with one attached hydrogen (secondary N) is 1. The molecule has 1 atom stereocenters. The molecule has 0 saturated carbocycles. The molecule has 0 heterocycles. The van der Waals surface area contributed by atoms with Gasteiger partial charge in [-0.15, -0.1) is 0 Å². The van der Waals surface area contributed by atoms with Crippen molar-refractivity contribution >= 4 is 5.91 Å². The number of hydrogen-bond acceptors (Lipinski definition) is 3. The zero-order valence-electron chi connectivity index (χ0n) is 14.3.